The molecule has 0 bridgehead atoms. The van der Waals surface area contributed by atoms with Crippen molar-refractivity contribution in [2.24, 2.45) is 0 Å². The fraction of sp³-hybridized carbons (Fsp3) is 0.400. The van der Waals surface area contributed by atoms with Gasteiger partial charge in [0.1, 0.15) is 6.54 Å². The van der Waals surface area contributed by atoms with Gasteiger partial charge in [0.2, 0.25) is 5.91 Å². The smallest absolute Gasteiger partial charge is 0.323 e. The van der Waals surface area contributed by atoms with E-state index in [0.29, 0.717) is 13.0 Å². The highest BCUT2D eigenvalue weighted by Crippen LogP contribution is 2.32. The van der Waals surface area contributed by atoms with E-state index in [2.05, 4.69) is 0 Å². The van der Waals surface area contributed by atoms with Gasteiger partial charge in [-0.15, -0.1) is 0 Å². The Bertz CT molecular complexity index is 614. The Balaban J connectivity index is 2.11. The quantitative estimate of drug-likeness (QED) is 0.778. The van der Waals surface area contributed by atoms with Gasteiger partial charge in [-0.05, 0) is 30.2 Å². The third-order valence-corrected chi connectivity index (χ3v) is 3.58. The number of carbonyl (C=O) groups is 3. The van der Waals surface area contributed by atoms with Crippen molar-refractivity contribution in [3.8, 4) is 0 Å². The number of fused-ring (bicyclic) bond motifs is 1. The van der Waals surface area contributed by atoms with Crippen LogP contribution in [0, 0.1) is 0 Å². The molecule has 7 heteroatoms. The third kappa shape index (κ3) is 3.55. The monoisotopic (exact) mass is 306 g/mol. The Hall–Kier alpha value is -2.57. The summed E-state index contributed by atoms with van der Waals surface area (Å²) in [6.45, 7) is 0.261. The first-order valence-corrected chi connectivity index (χ1v) is 6.96. The summed E-state index contributed by atoms with van der Waals surface area (Å²) in [5.41, 5.74) is 2.36. The van der Waals surface area contributed by atoms with Crippen LogP contribution in [-0.2, 0) is 20.8 Å². The van der Waals surface area contributed by atoms with Crippen molar-refractivity contribution >= 4 is 29.2 Å². The summed E-state index contributed by atoms with van der Waals surface area (Å²) in [6.07, 6.45) is 0.691. The van der Waals surface area contributed by atoms with Gasteiger partial charge in [-0.25, -0.2) is 0 Å². The molecule has 22 heavy (non-hydrogen) atoms. The molecule has 1 aliphatic rings. The maximum absolute atomic E-state index is 12.0. The molecule has 1 aromatic carbocycles. The van der Waals surface area contributed by atoms with E-state index >= 15 is 0 Å². The maximum Gasteiger partial charge on any atom is 0.323 e. The summed E-state index contributed by atoms with van der Waals surface area (Å²) in [7, 11) is 1.68. The second-order valence-corrected chi connectivity index (χ2v) is 5.28. The molecule has 0 atom stereocenters. The standard InChI is InChI=1S/C15H18N2O5/c1-16(9-15(21)22)11-4-5-12-10(7-11)8-13(18)17(12)6-2-3-14(19)20/h4-5,7H,2-3,6,8-9H2,1H3,(H,19,20)(H,21,22). The second kappa shape index (κ2) is 6.46. The van der Waals surface area contributed by atoms with Crippen LogP contribution in [0.25, 0.3) is 0 Å². The molecule has 0 saturated carbocycles. The highest BCUT2D eigenvalue weighted by atomic mass is 16.4. The Morgan fingerprint density at radius 1 is 1.27 bits per heavy atom. The van der Waals surface area contributed by atoms with Crippen LogP contribution in [0.15, 0.2) is 18.2 Å². The molecule has 1 aliphatic heterocycles. The number of carboxylic acids is 2. The van der Waals surface area contributed by atoms with Crippen molar-refractivity contribution < 1.29 is 24.6 Å². The van der Waals surface area contributed by atoms with Crippen molar-refractivity contribution in [2.45, 2.75) is 19.3 Å². The summed E-state index contributed by atoms with van der Waals surface area (Å²) in [5, 5.41) is 17.5. The minimum Gasteiger partial charge on any atom is -0.481 e. The summed E-state index contributed by atoms with van der Waals surface area (Å²) in [4.78, 5) is 36.5. The second-order valence-electron chi connectivity index (χ2n) is 5.28. The van der Waals surface area contributed by atoms with Crippen LogP contribution in [0.5, 0.6) is 0 Å². The molecule has 0 spiro atoms. The number of rotatable bonds is 7. The molecule has 0 aliphatic carbocycles. The zero-order chi connectivity index (χ0) is 16.3. The molecular weight excluding hydrogens is 288 g/mol. The average Bonchev–Trinajstić information content (AvgIpc) is 2.73. The minimum absolute atomic E-state index is 0.0263. The number of nitrogens with zero attached hydrogens (tertiary/aromatic N) is 2. The number of benzene rings is 1. The predicted molar refractivity (Wildman–Crippen MR) is 80.3 cm³/mol. The lowest BCUT2D eigenvalue weighted by Gasteiger charge is -2.20. The zero-order valence-electron chi connectivity index (χ0n) is 12.3. The minimum atomic E-state index is -0.922. The first-order valence-electron chi connectivity index (χ1n) is 6.96. The molecule has 2 rings (SSSR count). The molecule has 1 aromatic rings. The lowest BCUT2D eigenvalue weighted by atomic mass is 10.1. The van der Waals surface area contributed by atoms with Crippen molar-refractivity contribution in [1.29, 1.82) is 0 Å². The Kier molecular flexibility index (Phi) is 4.65. The van der Waals surface area contributed by atoms with Crippen LogP contribution in [-0.4, -0.2) is 48.2 Å². The van der Waals surface area contributed by atoms with Gasteiger partial charge in [0, 0.05) is 31.4 Å². The fourth-order valence-electron chi connectivity index (χ4n) is 2.53. The van der Waals surface area contributed by atoms with Gasteiger partial charge in [0.15, 0.2) is 0 Å². The maximum atomic E-state index is 12.0. The molecular formula is C15H18N2O5. The first-order chi connectivity index (χ1) is 10.4. The van der Waals surface area contributed by atoms with E-state index in [1.165, 1.54) is 0 Å². The van der Waals surface area contributed by atoms with Gasteiger partial charge < -0.3 is 20.0 Å². The Labute approximate surface area is 127 Å². The van der Waals surface area contributed by atoms with Gasteiger partial charge in [-0.3, -0.25) is 14.4 Å². The molecule has 1 heterocycles. The molecule has 2 N–H and O–H groups in total. The van der Waals surface area contributed by atoms with Gasteiger partial charge in [-0.2, -0.15) is 0 Å². The van der Waals surface area contributed by atoms with Gasteiger partial charge in [0.05, 0.1) is 6.42 Å². The summed E-state index contributed by atoms with van der Waals surface area (Å²) in [6, 6.07) is 5.37. The van der Waals surface area contributed by atoms with Crippen LogP contribution in [0.4, 0.5) is 11.4 Å². The van der Waals surface area contributed by atoms with Crippen LogP contribution in [0.2, 0.25) is 0 Å². The molecule has 0 saturated heterocycles. The van der Waals surface area contributed by atoms with Crippen molar-refractivity contribution in [2.75, 3.05) is 29.9 Å². The molecule has 0 radical (unpaired) electrons. The average molecular weight is 306 g/mol. The topological polar surface area (TPSA) is 98.2 Å². The number of amides is 1. The largest absolute Gasteiger partial charge is 0.481 e. The van der Waals surface area contributed by atoms with Crippen LogP contribution in [0.3, 0.4) is 0 Å². The van der Waals surface area contributed by atoms with Crippen molar-refractivity contribution in [3.05, 3.63) is 23.8 Å². The number of aliphatic carboxylic acids is 2. The van der Waals surface area contributed by atoms with Crippen LogP contribution >= 0.6 is 0 Å². The molecule has 1 amide bonds. The molecule has 118 valence electrons. The van der Waals surface area contributed by atoms with E-state index in [1.54, 1.807) is 29.0 Å². The van der Waals surface area contributed by atoms with E-state index in [1.807, 2.05) is 6.07 Å². The fourth-order valence-corrected chi connectivity index (χ4v) is 2.53. The first kappa shape index (κ1) is 15.8. The van der Waals surface area contributed by atoms with E-state index in [0.717, 1.165) is 16.9 Å². The highest BCUT2D eigenvalue weighted by molar-refractivity contribution is 6.01. The van der Waals surface area contributed by atoms with E-state index < -0.39 is 11.9 Å². The highest BCUT2D eigenvalue weighted by Gasteiger charge is 2.27. The molecule has 0 aromatic heterocycles. The summed E-state index contributed by atoms with van der Waals surface area (Å²) in [5.74, 6) is -1.86. The number of likely N-dealkylation sites (N-methyl/N-ethyl adjacent to an activating group) is 1. The Morgan fingerprint density at radius 2 is 2.00 bits per heavy atom. The van der Waals surface area contributed by atoms with Crippen LogP contribution < -0.4 is 9.80 Å². The lowest BCUT2D eigenvalue weighted by Crippen LogP contribution is -2.28. The zero-order valence-corrected chi connectivity index (χ0v) is 12.3. The molecule has 0 unspecified atom stereocenters. The Morgan fingerprint density at radius 3 is 2.64 bits per heavy atom. The van der Waals surface area contributed by atoms with E-state index in [-0.39, 0.29) is 25.3 Å². The number of carboxylic acid groups (broad SMARTS) is 2. The number of anilines is 2. The summed E-state index contributed by atoms with van der Waals surface area (Å²) < 4.78 is 0. The van der Waals surface area contributed by atoms with Gasteiger partial charge >= 0.3 is 11.9 Å². The number of hydrogen-bond donors (Lipinski definition) is 2. The van der Waals surface area contributed by atoms with Crippen molar-refractivity contribution in [3.63, 3.8) is 0 Å². The number of hydrogen-bond acceptors (Lipinski definition) is 4. The SMILES string of the molecule is CN(CC(=O)O)c1ccc2c(c1)CC(=O)N2CCCC(=O)O. The predicted octanol–water partition coefficient (Wildman–Crippen LogP) is 0.961. The van der Waals surface area contributed by atoms with Gasteiger partial charge in [-0.1, -0.05) is 0 Å². The van der Waals surface area contributed by atoms with Gasteiger partial charge in [0.25, 0.3) is 0 Å². The third-order valence-electron chi connectivity index (χ3n) is 3.58. The summed E-state index contributed by atoms with van der Waals surface area (Å²) >= 11 is 0. The van der Waals surface area contributed by atoms with E-state index in [9.17, 15) is 14.4 Å². The van der Waals surface area contributed by atoms with Crippen LogP contribution in [0.1, 0.15) is 18.4 Å². The number of carbonyl (C=O) groups excluding carboxylic acids is 1. The lowest BCUT2D eigenvalue weighted by molar-refractivity contribution is -0.137. The normalized spacial score (nSPS) is 13.1. The van der Waals surface area contributed by atoms with E-state index in [4.69, 9.17) is 10.2 Å². The molecule has 7 nitrogen and oxygen atoms in total. The molecule has 0 fully saturated rings. The van der Waals surface area contributed by atoms with Crippen molar-refractivity contribution in [1.82, 2.24) is 0 Å².